The molecule has 3 aromatic rings. The minimum absolute atomic E-state index is 0.444. The summed E-state index contributed by atoms with van der Waals surface area (Å²) in [4.78, 5) is 18.1. The van der Waals surface area contributed by atoms with Crippen LogP contribution in [0, 0.1) is 6.92 Å². The van der Waals surface area contributed by atoms with Gasteiger partial charge in [0.2, 0.25) is 5.95 Å². The summed E-state index contributed by atoms with van der Waals surface area (Å²) in [5.74, 6) is 2.18. The zero-order valence-electron chi connectivity index (χ0n) is 18.4. The second-order valence-corrected chi connectivity index (χ2v) is 7.70. The number of hydrogen-bond donors (Lipinski definition) is 3. The van der Waals surface area contributed by atoms with Crippen molar-refractivity contribution in [1.29, 1.82) is 0 Å². The van der Waals surface area contributed by atoms with Gasteiger partial charge in [-0.25, -0.2) is 20.4 Å². The van der Waals surface area contributed by atoms with Crippen LogP contribution >= 0.6 is 0 Å². The third-order valence-electron chi connectivity index (χ3n) is 5.47. The molecule has 0 bridgehead atoms. The summed E-state index contributed by atoms with van der Waals surface area (Å²) in [5, 5.41) is 8.81. The van der Waals surface area contributed by atoms with Crippen molar-refractivity contribution < 1.29 is 0 Å². The Morgan fingerprint density at radius 1 is 1.10 bits per heavy atom. The van der Waals surface area contributed by atoms with Crippen molar-refractivity contribution in [2.45, 2.75) is 45.6 Å². The van der Waals surface area contributed by atoms with Gasteiger partial charge in [-0.2, -0.15) is 4.98 Å². The molecule has 0 amide bonds. The first-order chi connectivity index (χ1) is 15.2. The van der Waals surface area contributed by atoms with Gasteiger partial charge in [0.15, 0.2) is 5.82 Å². The van der Waals surface area contributed by atoms with E-state index in [1.807, 2.05) is 44.4 Å². The SMILES string of the molecule is CCNN(c1nc(Nc2cccc(-c3ccnc(C)n3)c2)ncc1NC)C1CCCC1. The van der Waals surface area contributed by atoms with Crippen LogP contribution in [0.5, 0.6) is 0 Å². The fourth-order valence-corrected chi connectivity index (χ4v) is 4.01. The molecule has 1 aliphatic carbocycles. The highest BCUT2D eigenvalue weighted by Gasteiger charge is 2.26. The Labute approximate surface area is 183 Å². The van der Waals surface area contributed by atoms with Gasteiger partial charge in [-0.05, 0) is 38.0 Å². The summed E-state index contributed by atoms with van der Waals surface area (Å²) < 4.78 is 0. The summed E-state index contributed by atoms with van der Waals surface area (Å²) >= 11 is 0. The molecule has 1 fully saturated rings. The van der Waals surface area contributed by atoms with Gasteiger partial charge in [0.1, 0.15) is 5.82 Å². The second kappa shape index (κ2) is 9.70. The highest BCUT2D eigenvalue weighted by Crippen LogP contribution is 2.31. The van der Waals surface area contributed by atoms with E-state index in [-0.39, 0.29) is 0 Å². The Morgan fingerprint density at radius 2 is 1.94 bits per heavy atom. The number of anilines is 4. The lowest BCUT2D eigenvalue weighted by Crippen LogP contribution is -2.45. The molecule has 0 atom stereocenters. The van der Waals surface area contributed by atoms with Gasteiger partial charge >= 0.3 is 0 Å². The maximum Gasteiger partial charge on any atom is 0.229 e. The summed E-state index contributed by atoms with van der Waals surface area (Å²) in [6.45, 7) is 4.85. The quantitative estimate of drug-likeness (QED) is 0.467. The normalized spacial score (nSPS) is 13.9. The Morgan fingerprint density at radius 3 is 2.68 bits per heavy atom. The van der Waals surface area contributed by atoms with Crippen LogP contribution in [-0.2, 0) is 0 Å². The van der Waals surface area contributed by atoms with Crippen molar-refractivity contribution >= 4 is 23.1 Å². The van der Waals surface area contributed by atoms with Gasteiger partial charge in [-0.3, -0.25) is 5.01 Å². The van der Waals surface area contributed by atoms with Crippen molar-refractivity contribution in [2.75, 3.05) is 29.2 Å². The van der Waals surface area contributed by atoms with E-state index in [1.54, 1.807) is 6.20 Å². The van der Waals surface area contributed by atoms with Gasteiger partial charge in [-0.1, -0.05) is 31.9 Å². The Hall–Kier alpha value is -3.26. The maximum absolute atomic E-state index is 4.87. The van der Waals surface area contributed by atoms with E-state index in [2.05, 4.69) is 49.0 Å². The van der Waals surface area contributed by atoms with E-state index in [0.29, 0.717) is 12.0 Å². The number of nitrogens with zero attached hydrogens (tertiary/aromatic N) is 5. The lowest BCUT2D eigenvalue weighted by Gasteiger charge is -2.31. The molecule has 0 aliphatic heterocycles. The summed E-state index contributed by atoms with van der Waals surface area (Å²) in [6, 6.07) is 10.5. The molecular weight excluding hydrogens is 388 g/mol. The van der Waals surface area contributed by atoms with Gasteiger partial charge in [0.25, 0.3) is 0 Å². The summed E-state index contributed by atoms with van der Waals surface area (Å²) in [7, 11) is 1.90. The molecule has 0 unspecified atom stereocenters. The molecule has 0 saturated heterocycles. The highest BCUT2D eigenvalue weighted by atomic mass is 15.5. The number of hydrogen-bond acceptors (Lipinski definition) is 8. The third-order valence-corrected chi connectivity index (χ3v) is 5.47. The first kappa shape index (κ1) is 21.0. The second-order valence-electron chi connectivity index (χ2n) is 7.70. The van der Waals surface area contributed by atoms with Crippen molar-refractivity contribution in [3.8, 4) is 11.3 Å². The standard InChI is InChI=1S/C23H30N8/c1-4-27-31(19-10-5-6-11-19)22-21(24-3)15-26-23(30-22)29-18-9-7-8-17(14-18)20-12-13-25-16(2)28-20/h7-9,12-15,19,24,27H,4-6,10-11H2,1-3H3,(H,26,29,30). The minimum Gasteiger partial charge on any atom is -0.384 e. The molecule has 2 heterocycles. The Balaban J connectivity index is 1.62. The number of hydrazine groups is 1. The van der Waals surface area contributed by atoms with Crippen molar-refractivity contribution in [3.63, 3.8) is 0 Å². The Kier molecular flexibility index (Phi) is 6.57. The fourth-order valence-electron chi connectivity index (χ4n) is 4.01. The van der Waals surface area contributed by atoms with Gasteiger partial charge in [-0.15, -0.1) is 0 Å². The molecule has 8 nitrogen and oxygen atoms in total. The molecule has 3 N–H and O–H groups in total. The average Bonchev–Trinajstić information content (AvgIpc) is 3.32. The van der Waals surface area contributed by atoms with Crippen LogP contribution in [0.1, 0.15) is 38.4 Å². The van der Waals surface area contributed by atoms with Crippen molar-refractivity contribution in [2.24, 2.45) is 0 Å². The van der Waals surface area contributed by atoms with Crippen LogP contribution in [0.4, 0.5) is 23.1 Å². The topological polar surface area (TPSA) is 90.9 Å². The lowest BCUT2D eigenvalue weighted by molar-refractivity contribution is 0.524. The van der Waals surface area contributed by atoms with E-state index < -0.39 is 0 Å². The third kappa shape index (κ3) is 4.91. The monoisotopic (exact) mass is 418 g/mol. The zero-order valence-corrected chi connectivity index (χ0v) is 18.4. The smallest absolute Gasteiger partial charge is 0.229 e. The molecule has 2 aromatic heterocycles. The number of nitrogens with one attached hydrogen (secondary N) is 3. The van der Waals surface area contributed by atoms with E-state index in [0.717, 1.165) is 40.8 Å². The number of rotatable bonds is 8. The molecule has 0 radical (unpaired) electrons. The zero-order chi connectivity index (χ0) is 21.6. The Bertz CT molecular complexity index is 1020. The fraction of sp³-hybridized carbons (Fsp3) is 0.391. The molecule has 8 heteroatoms. The van der Waals surface area contributed by atoms with Crippen LogP contribution in [0.25, 0.3) is 11.3 Å². The molecule has 4 rings (SSSR count). The van der Waals surface area contributed by atoms with E-state index in [4.69, 9.17) is 4.98 Å². The van der Waals surface area contributed by atoms with Crippen LogP contribution in [0.2, 0.25) is 0 Å². The van der Waals surface area contributed by atoms with Crippen molar-refractivity contribution in [1.82, 2.24) is 25.4 Å². The van der Waals surface area contributed by atoms with Gasteiger partial charge in [0.05, 0.1) is 17.6 Å². The lowest BCUT2D eigenvalue weighted by atomic mass is 10.1. The number of aryl methyl sites for hydroxylation is 1. The number of aromatic nitrogens is 4. The van der Waals surface area contributed by atoms with Crippen LogP contribution in [-0.4, -0.2) is 39.6 Å². The van der Waals surface area contributed by atoms with Crippen LogP contribution in [0.15, 0.2) is 42.7 Å². The average molecular weight is 419 g/mol. The molecule has 1 aliphatic rings. The summed E-state index contributed by atoms with van der Waals surface area (Å²) in [6.07, 6.45) is 8.47. The molecular formula is C23H30N8. The van der Waals surface area contributed by atoms with Crippen LogP contribution in [0.3, 0.4) is 0 Å². The molecule has 31 heavy (non-hydrogen) atoms. The molecule has 162 valence electrons. The highest BCUT2D eigenvalue weighted by molar-refractivity contribution is 5.70. The first-order valence-electron chi connectivity index (χ1n) is 10.9. The predicted octanol–water partition coefficient (Wildman–Crippen LogP) is 4.30. The van der Waals surface area contributed by atoms with E-state index in [9.17, 15) is 0 Å². The molecule has 1 aromatic carbocycles. The van der Waals surface area contributed by atoms with Gasteiger partial charge in [0, 0.05) is 37.1 Å². The largest absolute Gasteiger partial charge is 0.384 e. The van der Waals surface area contributed by atoms with Crippen molar-refractivity contribution in [3.05, 3.63) is 48.5 Å². The molecule has 1 saturated carbocycles. The van der Waals surface area contributed by atoms with Crippen LogP contribution < -0.4 is 21.1 Å². The first-order valence-corrected chi connectivity index (χ1v) is 10.9. The predicted molar refractivity (Wildman–Crippen MR) is 125 cm³/mol. The maximum atomic E-state index is 4.87. The number of benzene rings is 1. The van der Waals surface area contributed by atoms with E-state index >= 15 is 0 Å². The van der Waals surface area contributed by atoms with Gasteiger partial charge < -0.3 is 10.6 Å². The summed E-state index contributed by atoms with van der Waals surface area (Å²) in [5.41, 5.74) is 7.23. The van der Waals surface area contributed by atoms with E-state index in [1.165, 1.54) is 25.7 Å². The minimum atomic E-state index is 0.444. The molecule has 0 spiro atoms.